The number of aromatic nitrogens is 2. The fourth-order valence-electron chi connectivity index (χ4n) is 1.61. The molecular formula is C13H25N5. The molecule has 0 fully saturated rings. The first-order valence-corrected chi connectivity index (χ1v) is 6.41. The predicted molar refractivity (Wildman–Crippen MR) is 77.1 cm³/mol. The summed E-state index contributed by atoms with van der Waals surface area (Å²) < 4.78 is 0. The molecule has 0 bridgehead atoms. The van der Waals surface area contributed by atoms with Crippen LogP contribution in [0.4, 0.5) is 11.6 Å². The Morgan fingerprint density at radius 2 is 2.06 bits per heavy atom. The molecule has 0 spiro atoms. The van der Waals surface area contributed by atoms with Crippen molar-refractivity contribution in [1.82, 2.24) is 9.97 Å². The van der Waals surface area contributed by atoms with E-state index in [2.05, 4.69) is 27.1 Å². The molecule has 0 aliphatic carbocycles. The molecule has 1 rings (SSSR count). The molecule has 5 nitrogen and oxygen atoms in total. The van der Waals surface area contributed by atoms with Crippen LogP contribution in [0.3, 0.4) is 0 Å². The molecule has 0 saturated heterocycles. The first-order valence-electron chi connectivity index (χ1n) is 6.41. The van der Waals surface area contributed by atoms with E-state index in [1.807, 2.05) is 33.9 Å². The van der Waals surface area contributed by atoms with Crippen LogP contribution in [0.2, 0.25) is 0 Å². The second-order valence-electron chi connectivity index (χ2n) is 5.42. The quantitative estimate of drug-likeness (QED) is 0.806. The highest BCUT2D eigenvalue weighted by Crippen LogP contribution is 2.15. The Kier molecular flexibility index (Phi) is 4.90. The minimum atomic E-state index is -0.256. The highest BCUT2D eigenvalue weighted by Gasteiger charge is 2.11. The van der Waals surface area contributed by atoms with Gasteiger partial charge in [-0.2, -0.15) is 0 Å². The largest absolute Gasteiger partial charge is 0.368 e. The van der Waals surface area contributed by atoms with Gasteiger partial charge in [-0.05, 0) is 27.2 Å². The van der Waals surface area contributed by atoms with Gasteiger partial charge in [0.25, 0.3) is 0 Å². The third-order valence-corrected chi connectivity index (χ3v) is 2.50. The number of hydrogen-bond donors (Lipinski definition) is 2. The molecule has 0 aliphatic heterocycles. The predicted octanol–water partition coefficient (Wildman–Crippen LogP) is 1.78. The van der Waals surface area contributed by atoms with Gasteiger partial charge in [0.15, 0.2) is 0 Å². The maximum atomic E-state index is 5.95. The molecule has 3 N–H and O–H groups in total. The number of nitrogens with two attached hydrogens (primary N) is 1. The number of rotatable bonds is 6. The second kappa shape index (κ2) is 6.00. The maximum absolute atomic E-state index is 5.95. The number of anilines is 2. The average Bonchev–Trinajstić information content (AvgIpc) is 2.25. The molecular weight excluding hydrogens is 226 g/mol. The number of hydrogen-bond acceptors (Lipinski definition) is 5. The molecule has 5 heteroatoms. The van der Waals surface area contributed by atoms with Crippen molar-refractivity contribution in [1.29, 1.82) is 0 Å². The SMILES string of the molecule is CCCN(C)c1cc(NCC(C)(C)N)nc(C)n1. The lowest BCUT2D eigenvalue weighted by molar-refractivity contribution is 0.548. The van der Waals surface area contributed by atoms with Crippen molar-refractivity contribution in [3.05, 3.63) is 11.9 Å². The van der Waals surface area contributed by atoms with Crippen molar-refractivity contribution in [2.45, 2.75) is 39.7 Å². The molecule has 0 unspecified atom stereocenters. The summed E-state index contributed by atoms with van der Waals surface area (Å²) in [5.74, 6) is 2.55. The average molecular weight is 251 g/mol. The van der Waals surface area contributed by atoms with E-state index in [1.54, 1.807) is 0 Å². The van der Waals surface area contributed by atoms with Crippen LogP contribution in [0, 0.1) is 6.92 Å². The molecule has 1 aromatic heterocycles. The van der Waals surface area contributed by atoms with Crippen molar-refractivity contribution in [2.24, 2.45) is 5.73 Å². The first-order chi connectivity index (χ1) is 8.31. The van der Waals surface area contributed by atoms with E-state index in [-0.39, 0.29) is 5.54 Å². The zero-order valence-electron chi connectivity index (χ0n) is 12.1. The minimum absolute atomic E-state index is 0.256. The van der Waals surface area contributed by atoms with Gasteiger partial charge in [0.05, 0.1) is 0 Å². The number of aryl methyl sites for hydroxylation is 1. The third kappa shape index (κ3) is 4.87. The van der Waals surface area contributed by atoms with Crippen molar-refractivity contribution in [3.63, 3.8) is 0 Å². The molecule has 1 aromatic rings. The van der Waals surface area contributed by atoms with Gasteiger partial charge >= 0.3 is 0 Å². The van der Waals surface area contributed by atoms with Gasteiger partial charge in [-0.15, -0.1) is 0 Å². The molecule has 0 radical (unpaired) electrons. The molecule has 0 saturated carbocycles. The van der Waals surface area contributed by atoms with Crippen LogP contribution in [-0.2, 0) is 0 Å². The third-order valence-electron chi connectivity index (χ3n) is 2.50. The normalized spacial score (nSPS) is 11.4. The second-order valence-corrected chi connectivity index (χ2v) is 5.42. The van der Waals surface area contributed by atoms with Gasteiger partial charge in [0.1, 0.15) is 17.5 Å². The van der Waals surface area contributed by atoms with Crippen LogP contribution in [0.25, 0.3) is 0 Å². The molecule has 0 amide bonds. The zero-order chi connectivity index (χ0) is 13.8. The molecule has 1 heterocycles. The fraction of sp³-hybridized carbons (Fsp3) is 0.692. The summed E-state index contributed by atoms with van der Waals surface area (Å²) in [6.45, 7) is 9.69. The number of nitrogens with zero attached hydrogens (tertiary/aromatic N) is 3. The van der Waals surface area contributed by atoms with Crippen molar-refractivity contribution >= 4 is 11.6 Å². The summed E-state index contributed by atoms with van der Waals surface area (Å²) in [5, 5.41) is 3.26. The Bertz CT molecular complexity index is 383. The molecule has 0 aromatic carbocycles. The van der Waals surface area contributed by atoms with Crippen LogP contribution >= 0.6 is 0 Å². The molecule has 0 atom stereocenters. The van der Waals surface area contributed by atoms with Gasteiger partial charge in [-0.3, -0.25) is 0 Å². The van der Waals surface area contributed by atoms with Crippen LogP contribution in [-0.4, -0.2) is 35.6 Å². The van der Waals surface area contributed by atoms with E-state index >= 15 is 0 Å². The van der Waals surface area contributed by atoms with E-state index in [0.29, 0.717) is 6.54 Å². The Morgan fingerprint density at radius 3 is 2.61 bits per heavy atom. The summed E-state index contributed by atoms with van der Waals surface area (Å²) >= 11 is 0. The van der Waals surface area contributed by atoms with Crippen LogP contribution in [0.5, 0.6) is 0 Å². The van der Waals surface area contributed by atoms with Gasteiger partial charge in [-0.1, -0.05) is 6.92 Å². The molecule has 0 aliphatic rings. The highest BCUT2D eigenvalue weighted by molar-refractivity contribution is 5.49. The van der Waals surface area contributed by atoms with E-state index in [1.165, 1.54) is 0 Å². The summed E-state index contributed by atoms with van der Waals surface area (Å²) in [7, 11) is 2.04. The fourth-order valence-corrected chi connectivity index (χ4v) is 1.61. The maximum Gasteiger partial charge on any atom is 0.134 e. The standard InChI is InChI=1S/C13H25N5/c1-6-7-18(5)12-8-11(16-10(2)17-12)15-9-13(3,4)14/h8H,6-7,9,14H2,1-5H3,(H,15,16,17). The zero-order valence-corrected chi connectivity index (χ0v) is 12.1. The summed E-state index contributed by atoms with van der Waals surface area (Å²) in [4.78, 5) is 10.9. The number of nitrogens with one attached hydrogen (secondary N) is 1. The van der Waals surface area contributed by atoms with Gasteiger partial charge < -0.3 is 16.0 Å². The van der Waals surface area contributed by atoms with Gasteiger partial charge in [-0.25, -0.2) is 9.97 Å². The van der Waals surface area contributed by atoms with Crippen LogP contribution in [0.1, 0.15) is 33.0 Å². The lowest BCUT2D eigenvalue weighted by Crippen LogP contribution is -2.39. The molecule has 102 valence electrons. The van der Waals surface area contributed by atoms with E-state index < -0.39 is 0 Å². The Morgan fingerprint density at radius 1 is 1.39 bits per heavy atom. The lowest BCUT2D eigenvalue weighted by Gasteiger charge is -2.21. The summed E-state index contributed by atoms with van der Waals surface area (Å²) in [6.07, 6.45) is 1.10. The van der Waals surface area contributed by atoms with Crippen molar-refractivity contribution in [3.8, 4) is 0 Å². The topological polar surface area (TPSA) is 67.1 Å². The highest BCUT2D eigenvalue weighted by atomic mass is 15.2. The minimum Gasteiger partial charge on any atom is -0.368 e. The van der Waals surface area contributed by atoms with Crippen molar-refractivity contribution in [2.75, 3.05) is 30.4 Å². The van der Waals surface area contributed by atoms with Crippen LogP contribution < -0.4 is 16.0 Å². The van der Waals surface area contributed by atoms with Gasteiger partial charge in [0, 0.05) is 31.7 Å². The first kappa shape index (κ1) is 14.7. The Balaban J connectivity index is 2.80. The molecule has 18 heavy (non-hydrogen) atoms. The van der Waals surface area contributed by atoms with E-state index in [4.69, 9.17) is 5.73 Å². The summed E-state index contributed by atoms with van der Waals surface area (Å²) in [6, 6.07) is 1.97. The van der Waals surface area contributed by atoms with E-state index in [9.17, 15) is 0 Å². The van der Waals surface area contributed by atoms with E-state index in [0.717, 1.165) is 30.4 Å². The Hall–Kier alpha value is -1.36. The van der Waals surface area contributed by atoms with Crippen molar-refractivity contribution < 1.29 is 0 Å². The lowest BCUT2D eigenvalue weighted by atomic mass is 10.1. The van der Waals surface area contributed by atoms with Gasteiger partial charge in [0.2, 0.25) is 0 Å². The smallest absolute Gasteiger partial charge is 0.134 e. The summed E-state index contributed by atoms with van der Waals surface area (Å²) in [5.41, 5.74) is 5.69. The monoisotopic (exact) mass is 251 g/mol. The Labute approximate surface area is 110 Å². The van der Waals surface area contributed by atoms with Crippen LogP contribution in [0.15, 0.2) is 6.07 Å².